The third-order valence-corrected chi connectivity index (χ3v) is 5.39. The minimum Gasteiger partial charge on any atom is -0.280 e. The first-order chi connectivity index (χ1) is 12.6. The number of halogens is 4. The number of nitrogens with zero attached hydrogens (tertiary/aromatic N) is 1. The monoisotopic (exact) mass is 415 g/mol. The van der Waals surface area contributed by atoms with Crippen LogP contribution in [-0.4, -0.2) is 18.6 Å². The second kappa shape index (κ2) is 6.90. The summed E-state index contributed by atoms with van der Waals surface area (Å²) in [6.07, 6.45) is -4.86. The van der Waals surface area contributed by atoms with E-state index in [0.717, 1.165) is 12.1 Å². The van der Waals surface area contributed by atoms with Crippen LogP contribution in [0.2, 0.25) is 5.02 Å². The Morgan fingerprint density at radius 2 is 1.78 bits per heavy atom. The molecule has 2 aromatic carbocycles. The molecule has 0 fully saturated rings. The molecule has 0 aliphatic heterocycles. The first-order valence-corrected chi connectivity index (χ1v) is 9.45. The number of H-pyrrole nitrogens is 1. The quantitative estimate of drug-likeness (QED) is 0.639. The van der Waals surface area contributed by atoms with Crippen molar-refractivity contribution in [3.63, 3.8) is 0 Å². The van der Waals surface area contributed by atoms with Crippen molar-refractivity contribution in [2.75, 3.05) is 4.72 Å². The van der Waals surface area contributed by atoms with Crippen molar-refractivity contribution in [1.29, 1.82) is 0 Å². The molecule has 0 radical (unpaired) electrons. The lowest BCUT2D eigenvalue weighted by Gasteiger charge is -2.14. The van der Waals surface area contributed by atoms with E-state index in [2.05, 4.69) is 14.9 Å². The summed E-state index contributed by atoms with van der Waals surface area (Å²) in [5, 5.41) is 6.39. The van der Waals surface area contributed by atoms with Crippen LogP contribution < -0.4 is 4.72 Å². The number of alkyl halides is 3. The molecule has 142 valence electrons. The summed E-state index contributed by atoms with van der Waals surface area (Å²) in [6.45, 7) is 1.67. The van der Waals surface area contributed by atoms with E-state index in [0.29, 0.717) is 22.9 Å². The molecule has 3 rings (SSSR count). The Labute approximate surface area is 158 Å². The number of hydrogen-bond donors (Lipinski definition) is 2. The van der Waals surface area contributed by atoms with Crippen molar-refractivity contribution in [3.05, 3.63) is 64.8 Å². The number of nitrogens with one attached hydrogen (secondary N) is 2. The Bertz CT molecular complexity index is 1080. The molecule has 1 heterocycles. The highest BCUT2D eigenvalue weighted by Crippen LogP contribution is 2.37. The summed E-state index contributed by atoms with van der Waals surface area (Å²) in [5.41, 5.74) is 0.340. The van der Waals surface area contributed by atoms with Crippen molar-refractivity contribution in [1.82, 2.24) is 10.2 Å². The Balaban J connectivity index is 2.09. The average Bonchev–Trinajstić information content (AvgIpc) is 2.94. The van der Waals surface area contributed by atoms with Crippen LogP contribution in [0, 0.1) is 6.92 Å². The number of aryl methyl sites for hydroxylation is 1. The normalized spacial score (nSPS) is 12.2. The summed E-state index contributed by atoms with van der Waals surface area (Å²) in [7, 11) is -4.60. The molecule has 10 heteroatoms. The van der Waals surface area contributed by atoms with Crippen LogP contribution in [0.3, 0.4) is 0 Å². The van der Waals surface area contributed by atoms with Crippen LogP contribution in [0.1, 0.15) is 11.3 Å². The van der Waals surface area contributed by atoms with Crippen LogP contribution in [0.15, 0.2) is 53.4 Å². The van der Waals surface area contributed by atoms with E-state index in [1.807, 2.05) is 0 Å². The Kier molecular flexibility index (Phi) is 4.92. The minimum atomic E-state index is -4.86. The zero-order chi connectivity index (χ0) is 19.8. The number of sulfonamides is 1. The molecule has 0 atom stereocenters. The molecule has 0 unspecified atom stereocenters. The molecule has 0 spiro atoms. The standard InChI is InChI=1S/C17H13ClF3N3O2S/c1-10-15(11-5-3-2-4-6-11)16(23-22-10)24-27(25,26)14-9-12(18)7-8-13(14)17(19,20)21/h2-9H,1H3,(H2,22,23,24). The fourth-order valence-electron chi connectivity index (χ4n) is 2.60. The molecule has 0 bridgehead atoms. The summed E-state index contributed by atoms with van der Waals surface area (Å²) < 4.78 is 67.2. The predicted octanol–water partition coefficient (Wildman–Crippen LogP) is 4.86. The maximum absolute atomic E-state index is 13.2. The molecule has 0 aliphatic rings. The number of aromatic amines is 1. The molecule has 0 aliphatic carbocycles. The molecule has 27 heavy (non-hydrogen) atoms. The molecule has 1 aromatic heterocycles. The van der Waals surface area contributed by atoms with Gasteiger partial charge in [-0.05, 0) is 30.7 Å². The van der Waals surface area contributed by atoms with E-state index in [1.165, 1.54) is 0 Å². The van der Waals surface area contributed by atoms with Crippen LogP contribution in [0.5, 0.6) is 0 Å². The Morgan fingerprint density at radius 1 is 1.11 bits per heavy atom. The van der Waals surface area contributed by atoms with E-state index >= 15 is 0 Å². The Morgan fingerprint density at radius 3 is 2.41 bits per heavy atom. The summed E-state index contributed by atoms with van der Waals surface area (Å²) in [6, 6.07) is 11.1. The molecule has 0 saturated heterocycles. The first kappa shape index (κ1) is 19.2. The van der Waals surface area contributed by atoms with Gasteiger partial charge in [-0.3, -0.25) is 9.82 Å². The summed E-state index contributed by atoms with van der Waals surface area (Å²) in [4.78, 5) is -0.970. The fourth-order valence-corrected chi connectivity index (χ4v) is 4.10. The lowest BCUT2D eigenvalue weighted by Crippen LogP contribution is -2.19. The third-order valence-electron chi connectivity index (χ3n) is 3.78. The van der Waals surface area contributed by atoms with E-state index in [4.69, 9.17) is 11.6 Å². The third kappa shape index (κ3) is 3.93. The van der Waals surface area contributed by atoms with Gasteiger partial charge in [-0.15, -0.1) is 0 Å². The van der Waals surface area contributed by atoms with Gasteiger partial charge in [0, 0.05) is 16.3 Å². The van der Waals surface area contributed by atoms with Crippen LogP contribution in [0.4, 0.5) is 19.0 Å². The Hall–Kier alpha value is -2.52. The smallest absolute Gasteiger partial charge is 0.280 e. The lowest BCUT2D eigenvalue weighted by molar-refractivity contribution is -0.139. The summed E-state index contributed by atoms with van der Waals surface area (Å²) >= 11 is 5.73. The largest absolute Gasteiger partial charge is 0.417 e. The van der Waals surface area contributed by atoms with Gasteiger partial charge < -0.3 is 0 Å². The molecule has 2 N–H and O–H groups in total. The second-order valence-electron chi connectivity index (χ2n) is 5.68. The molecular weight excluding hydrogens is 403 g/mol. The number of anilines is 1. The molecule has 5 nitrogen and oxygen atoms in total. The van der Waals surface area contributed by atoms with Gasteiger partial charge in [0.15, 0.2) is 5.82 Å². The number of benzene rings is 2. The van der Waals surface area contributed by atoms with Gasteiger partial charge in [-0.1, -0.05) is 41.9 Å². The van der Waals surface area contributed by atoms with Crippen LogP contribution in [0.25, 0.3) is 11.1 Å². The topological polar surface area (TPSA) is 74.8 Å². The van der Waals surface area contributed by atoms with Crippen molar-refractivity contribution in [2.45, 2.75) is 18.0 Å². The van der Waals surface area contributed by atoms with E-state index < -0.39 is 26.7 Å². The van der Waals surface area contributed by atoms with Crippen molar-refractivity contribution >= 4 is 27.4 Å². The number of aromatic nitrogens is 2. The highest BCUT2D eigenvalue weighted by molar-refractivity contribution is 7.92. The maximum atomic E-state index is 13.2. The average molecular weight is 416 g/mol. The van der Waals surface area contributed by atoms with E-state index in [1.54, 1.807) is 37.3 Å². The van der Waals surface area contributed by atoms with Crippen LogP contribution in [-0.2, 0) is 16.2 Å². The highest BCUT2D eigenvalue weighted by Gasteiger charge is 2.37. The van der Waals surface area contributed by atoms with Gasteiger partial charge in [0.25, 0.3) is 10.0 Å². The van der Waals surface area contributed by atoms with Gasteiger partial charge in [0.05, 0.1) is 5.56 Å². The zero-order valence-corrected chi connectivity index (χ0v) is 15.4. The highest BCUT2D eigenvalue weighted by atomic mass is 35.5. The molecular formula is C17H13ClF3N3O2S. The first-order valence-electron chi connectivity index (χ1n) is 7.59. The van der Waals surface area contributed by atoms with E-state index in [9.17, 15) is 21.6 Å². The predicted molar refractivity (Wildman–Crippen MR) is 96.0 cm³/mol. The minimum absolute atomic E-state index is 0.105. The fraction of sp³-hybridized carbons (Fsp3) is 0.118. The van der Waals surface area contributed by atoms with E-state index in [-0.39, 0.29) is 10.8 Å². The van der Waals surface area contributed by atoms with Crippen LogP contribution >= 0.6 is 11.6 Å². The van der Waals surface area contributed by atoms with Gasteiger partial charge in [-0.25, -0.2) is 8.42 Å². The molecule has 3 aromatic rings. The zero-order valence-electron chi connectivity index (χ0n) is 13.8. The van der Waals surface area contributed by atoms with Gasteiger partial charge in [0.2, 0.25) is 0 Å². The number of rotatable bonds is 4. The summed E-state index contributed by atoms with van der Waals surface area (Å²) in [5.74, 6) is -0.105. The molecule has 0 amide bonds. The molecule has 0 saturated carbocycles. The van der Waals surface area contributed by atoms with Gasteiger partial charge >= 0.3 is 6.18 Å². The van der Waals surface area contributed by atoms with Crippen molar-refractivity contribution in [3.8, 4) is 11.1 Å². The van der Waals surface area contributed by atoms with Crippen molar-refractivity contribution in [2.24, 2.45) is 0 Å². The number of hydrogen-bond acceptors (Lipinski definition) is 3. The second-order valence-corrected chi connectivity index (χ2v) is 7.77. The van der Waals surface area contributed by atoms with Gasteiger partial charge in [0.1, 0.15) is 4.90 Å². The van der Waals surface area contributed by atoms with Gasteiger partial charge in [-0.2, -0.15) is 18.3 Å². The maximum Gasteiger partial charge on any atom is 0.417 e. The SMILES string of the molecule is Cc1[nH]nc(NS(=O)(=O)c2cc(Cl)ccc2C(F)(F)F)c1-c1ccccc1. The lowest BCUT2D eigenvalue weighted by atomic mass is 10.1. The van der Waals surface area contributed by atoms with Crippen molar-refractivity contribution < 1.29 is 21.6 Å².